The van der Waals surface area contributed by atoms with E-state index in [-0.39, 0.29) is 13.0 Å². The van der Waals surface area contributed by atoms with Crippen LogP contribution in [0.15, 0.2) is 0 Å². The maximum Gasteiger partial charge on any atom is 0.326 e. The minimum atomic E-state index is -1.06. The van der Waals surface area contributed by atoms with Gasteiger partial charge in [0.25, 0.3) is 0 Å². The summed E-state index contributed by atoms with van der Waals surface area (Å²) in [6.07, 6.45) is 1.80. The molecule has 0 aromatic heterocycles. The Hall–Kier alpha value is -1.34. The van der Waals surface area contributed by atoms with Crippen LogP contribution in [0.4, 0.5) is 4.79 Å². The molecule has 2 aliphatic rings. The third-order valence-corrected chi connectivity index (χ3v) is 3.97. The molecule has 0 aromatic rings. The fraction of sp³-hybridized carbons (Fsp3) is 0.846. The first-order valence-corrected chi connectivity index (χ1v) is 7.22. The molecule has 0 bridgehead atoms. The molecule has 0 aromatic carbocycles. The van der Waals surface area contributed by atoms with E-state index in [1.54, 1.807) is 0 Å². The number of carbonyl (C=O) groups excluding carboxylic acids is 1. The Morgan fingerprint density at radius 1 is 1.40 bits per heavy atom. The number of likely N-dealkylation sites (tertiary alicyclic amines) is 1. The summed E-state index contributed by atoms with van der Waals surface area (Å²) < 4.78 is 0. The molecule has 1 unspecified atom stereocenters. The smallest absolute Gasteiger partial charge is 0.326 e. The van der Waals surface area contributed by atoms with Gasteiger partial charge in [0, 0.05) is 32.1 Å². The SMILES string of the molecule is CCN(CCNC(=O)N1CC(O)C[C@H]1C(=O)O)C1CC1. The van der Waals surface area contributed by atoms with Crippen LogP contribution in [0.5, 0.6) is 0 Å². The van der Waals surface area contributed by atoms with Crippen molar-refractivity contribution in [3.63, 3.8) is 0 Å². The van der Waals surface area contributed by atoms with Crippen molar-refractivity contribution < 1.29 is 19.8 Å². The number of aliphatic hydroxyl groups excluding tert-OH is 1. The highest BCUT2D eigenvalue weighted by Crippen LogP contribution is 2.25. The van der Waals surface area contributed by atoms with Crippen LogP contribution in [-0.4, -0.2) is 76.4 Å². The number of hydrogen-bond acceptors (Lipinski definition) is 4. The van der Waals surface area contributed by atoms with E-state index in [2.05, 4.69) is 17.1 Å². The van der Waals surface area contributed by atoms with Crippen LogP contribution in [-0.2, 0) is 4.79 Å². The first-order chi connectivity index (χ1) is 9.52. The lowest BCUT2D eigenvalue weighted by atomic mass is 10.2. The maximum atomic E-state index is 12.0. The number of aliphatic carboxylic acids is 1. The van der Waals surface area contributed by atoms with Gasteiger partial charge in [0.15, 0.2) is 0 Å². The monoisotopic (exact) mass is 285 g/mol. The van der Waals surface area contributed by atoms with Crippen molar-refractivity contribution in [2.45, 2.75) is 44.4 Å². The molecule has 1 aliphatic carbocycles. The molecule has 1 saturated heterocycles. The van der Waals surface area contributed by atoms with Gasteiger partial charge in [-0.25, -0.2) is 9.59 Å². The quantitative estimate of drug-likeness (QED) is 0.623. The van der Waals surface area contributed by atoms with Crippen molar-refractivity contribution >= 4 is 12.0 Å². The number of likely N-dealkylation sites (N-methyl/N-ethyl adjacent to an activating group) is 1. The number of amides is 2. The molecule has 2 rings (SSSR count). The summed E-state index contributed by atoms with van der Waals surface area (Å²) in [6.45, 7) is 4.42. The van der Waals surface area contributed by atoms with Gasteiger partial charge in [0.1, 0.15) is 6.04 Å². The Labute approximate surface area is 118 Å². The number of nitrogens with one attached hydrogen (secondary N) is 1. The highest BCUT2D eigenvalue weighted by molar-refractivity contribution is 5.83. The van der Waals surface area contributed by atoms with E-state index in [1.807, 2.05) is 0 Å². The lowest BCUT2D eigenvalue weighted by Crippen LogP contribution is -2.48. The zero-order valence-corrected chi connectivity index (χ0v) is 11.8. The zero-order chi connectivity index (χ0) is 14.7. The molecule has 1 aliphatic heterocycles. The van der Waals surface area contributed by atoms with Gasteiger partial charge in [-0.2, -0.15) is 0 Å². The Morgan fingerprint density at radius 2 is 2.10 bits per heavy atom. The molecule has 1 saturated carbocycles. The molecule has 3 N–H and O–H groups in total. The van der Waals surface area contributed by atoms with Crippen LogP contribution >= 0.6 is 0 Å². The van der Waals surface area contributed by atoms with Crippen molar-refractivity contribution in [3.05, 3.63) is 0 Å². The van der Waals surface area contributed by atoms with E-state index in [9.17, 15) is 14.7 Å². The number of β-amino-alcohol motifs (C(OH)–C–C–N with tert-alkyl or cyclic N) is 1. The van der Waals surface area contributed by atoms with Crippen LogP contribution in [0.3, 0.4) is 0 Å². The summed E-state index contributed by atoms with van der Waals surface area (Å²) in [4.78, 5) is 26.6. The van der Waals surface area contributed by atoms with E-state index in [0.29, 0.717) is 12.6 Å². The van der Waals surface area contributed by atoms with Gasteiger partial charge < -0.3 is 20.4 Å². The number of carbonyl (C=O) groups is 2. The third kappa shape index (κ3) is 3.61. The van der Waals surface area contributed by atoms with Gasteiger partial charge in [0.2, 0.25) is 0 Å². The van der Waals surface area contributed by atoms with Gasteiger partial charge in [0.05, 0.1) is 6.10 Å². The van der Waals surface area contributed by atoms with E-state index in [1.165, 1.54) is 17.7 Å². The molecule has 2 atom stereocenters. The summed E-state index contributed by atoms with van der Waals surface area (Å²) in [5.41, 5.74) is 0. The molecule has 20 heavy (non-hydrogen) atoms. The normalized spacial score (nSPS) is 26.1. The van der Waals surface area contributed by atoms with E-state index in [4.69, 9.17) is 5.11 Å². The lowest BCUT2D eigenvalue weighted by Gasteiger charge is -2.24. The van der Waals surface area contributed by atoms with Gasteiger partial charge in [-0.3, -0.25) is 4.90 Å². The number of hydrogen-bond donors (Lipinski definition) is 3. The fourth-order valence-corrected chi connectivity index (χ4v) is 2.72. The number of carboxylic acid groups (broad SMARTS) is 1. The van der Waals surface area contributed by atoms with Gasteiger partial charge in [-0.1, -0.05) is 6.92 Å². The third-order valence-electron chi connectivity index (χ3n) is 3.97. The fourth-order valence-electron chi connectivity index (χ4n) is 2.72. The average molecular weight is 285 g/mol. The minimum Gasteiger partial charge on any atom is -0.480 e. The van der Waals surface area contributed by atoms with Crippen LogP contribution < -0.4 is 5.32 Å². The van der Waals surface area contributed by atoms with Crippen LogP contribution in [0.1, 0.15) is 26.2 Å². The van der Waals surface area contributed by atoms with Gasteiger partial charge in [-0.15, -0.1) is 0 Å². The summed E-state index contributed by atoms with van der Waals surface area (Å²) in [5, 5.41) is 21.3. The second-order valence-electron chi connectivity index (χ2n) is 5.49. The van der Waals surface area contributed by atoms with Gasteiger partial charge >= 0.3 is 12.0 Å². The summed E-state index contributed by atoms with van der Waals surface area (Å²) in [7, 11) is 0. The Morgan fingerprint density at radius 3 is 2.65 bits per heavy atom. The van der Waals surface area contributed by atoms with Crippen LogP contribution in [0.2, 0.25) is 0 Å². The topological polar surface area (TPSA) is 93.1 Å². The van der Waals surface area contributed by atoms with Crippen molar-refractivity contribution in [1.29, 1.82) is 0 Å². The van der Waals surface area contributed by atoms with Gasteiger partial charge in [-0.05, 0) is 19.4 Å². The summed E-state index contributed by atoms with van der Waals surface area (Å²) in [5.74, 6) is -1.06. The standard InChI is InChI=1S/C13H23N3O4/c1-2-15(9-3-4-9)6-5-14-13(20)16-8-10(17)7-11(16)12(18)19/h9-11,17H,2-8H2,1H3,(H,14,20)(H,18,19)/t10?,11-/m0/s1. The molecule has 2 amide bonds. The van der Waals surface area contributed by atoms with Crippen molar-refractivity contribution in [2.75, 3.05) is 26.2 Å². The first-order valence-electron chi connectivity index (χ1n) is 7.22. The second kappa shape index (κ2) is 6.41. The van der Waals surface area contributed by atoms with Crippen molar-refractivity contribution in [2.24, 2.45) is 0 Å². The van der Waals surface area contributed by atoms with Crippen molar-refractivity contribution in [1.82, 2.24) is 15.1 Å². The Bertz CT molecular complexity index is 373. The summed E-state index contributed by atoms with van der Waals surface area (Å²) in [6, 6.07) is -0.672. The maximum absolute atomic E-state index is 12.0. The molecular weight excluding hydrogens is 262 g/mol. The van der Waals surface area contributed by atoms with Crippen LogP contribution in [0.25, 0.3) is 0 Å². The Balaban J connectivity index is 1.77. The largest absolute Gasteiger partial charge is 0.480 e. The number of nitrogens with zero attached hydrogens (tertiary/aromatic N) is 2. The number of aliphatic hydroxyl groups is 1. The molecule has 114 valence electrons. The lowest BCUT2D eigenvalue weighted by molar-refractivity contribution is -0.141. The minimum absolute atomic E-state index is 0.0862. The Kier molecular flexibility index (Phi) is 4.82. The molecule has 0 radical (unpaired) electrons. The second-order valence-corrected chi connectivity index (χ2v) is 5.49. The molecule has 0 spiro atoms. The van der Waals surface area contributed by atoms with E-state index < -0.39 is 24.1 Å². The predicted molar refractivity (Wildman–Crippen MR) is 72.4 cm³/mol. The highest BCUT2D eigenvalue weighted by atomic mass is 16.4. The predicted octanol–water partition coefficient (Wildman–Crippen LogP) is -0.300. The number of carboxylic acids is 1. The first kappa shape index (κ1) is 15.1. The van der Waals surface area contributed by atoms with Crippen molar-refractivity contribution in [3.8, 4) is 0 Å². The molecule has 7 heteroatoms. The van der Waals surface area contributed by atoms with E-state index in [0.717, 1.165) is 13.1 Å². The average Bonchev–Trinajstić information content (AvgIpc) is 3.16. The summed E-state index contributed by atoms with van der Waals surface area (Å²) >= 11 is 0. The molecule has 1 heterocycles. The van der Waals surface area contributed by atoms with Crippen LogP contribution in [0, 0.1) is 0 Å². The number of urea groups is 1. The molecular formula is C13H23N3O4. The zero-order valence-electron chi connectivity index (χ0n) is 11.8. The van der Waals surface area contributed by atoms with E-state index >= 15 is 0 Å². The highest BCUT2D eigenvalue weighted by Gasteiger charge is 2.38. The molecule has 7 nitrogen and oxygen atoms in total. The molecule has 2 fully saturated rings. The number of rotatable bonds is 6.